The lowest BCUT2D eigenvalue weighted by atomic mass is 10.1. The van der Waals surface area contributed by atoms with Crippen LogP contribution in [0.3, 0.4) is 0 Å². The van der Waals surface area contributed by atoms with Gasteiger partial charge in [-0.3, -0.25) is 4.79 Å². The summed E-state index contributed by atoms with van der Waals surface area (Å²) in [6.07, 6.45) is 0.453. The zero-order valence-corrected chi connectivity index (χ0v) is 12.9. The van der Waals surface area contributed by atoms with Crippen LogP contribution in [0.5, 0.6) is 0 Å². The van der Waals surface area contributed by atoms with Crippen LogP contribution in [0.4, 0.5) is 0 Å². The van der Waals surface area contributed by atoms with Gasteiger partial charge in [0.25, 0.3) is 5.91 Å². The Labute approximate surface area is 126 Å². The quantitative estimate of drug-likeness (QED) is 0.787. The highest BCUT2D eigenvalue weighted by atomic mass is 16.5. The van der Waals surface area contributed by atoms with Crippen LogP contribution in [-0.4, -0.2) is 36.4 Å². The van der Waals surface area contributed by atoms with Gasteiger partial charge in [-0.25, -0.2) is 0 Å². The van der Waals surface area contributed by atoms with Crippen molar-refractivity contribution < 1.29 is 14.6 Å². The molecule has 2 N–H and O–H groups in total. The Kier molecular flexibility index (Phi) is 6.93. The number of carbonyl (C=O) groups excluding carboxylic acids is 1. The summed E-state index contributed by atoms with van der Waals surface area (Å²) in [4.78, 5) is 12.0. The highest BCUT2D eigenvalue weighted by Crippen LogP contribution is 2.08. The second-order valence-corrected chi connectivity index (χ2v) is 5.23. The average molecular weight is 289 g/mol. The molecular weight excluding hydrogens is 266 g/mol. The van der Waals surface area contributed by atoms with Crippen molar-refractivity contribution >= 4 is 5.91 Å². The van der Waals surface area contributed by atoms with Crippen molar-refractivity contribution in [2.45, 2.75) is 32.8 Å². The molecular formula is C17H23NO3. The molecule has 0 spiro atoms. The van der Waals surface area contributed by atoms with E-state index < -0.39 is 0 Å². The summed E-state index contributed by atoms with van der Waals surface area (Å²) in [5.74, 6) is 5.64. The number of hydrogen-bond acceptors (Lipinski definition) is 3. The minimum absolute atomic E-state index is 0.0586. The van der Waals surface area contributed by atoms with Crippen molar-refractivity contribution in [2.24, 2.45) is 0 Å². The number of rotatable bonds is 6. The van der Waals surface area contributed by atoms with E-state index in [-0.39, 0.29) is 18.1 Å². The fraction of sp³-hybridized carbons (Fsp3) is 0.471. The maximum absolute atomic E-state index is 12.0. The molecule has 0 saturated heterocycles. The molecule has 0 saturated carbocycles. The summed E-state index contributed by atoms with van der Waals surface area (Å²) >= 11 is 0. The number of aliphatic hydroxyl groups excluding tert-OH is 1. The monoisotopic (exact) mass is 289 g/mol. The molecule has 0 fully saturated rings. The summed E-state index contributed by atoms with van der Waals surface area (Å²) in [6.45, 7) is 6.94. The first-order valence-corrected chi connectivity index (χ1v) is 7.10. The maximum atomic E-state index is 12.0. The van der Waals surface area contributed by atoms with Crippen LogP contribution >= 0.6 is 0 Å². The molecule has 0 atom stereocenters. The molecule has 0 radical (unpaired) electrons. The summed E-state index contributed by atoms with van der Waals surface area (Å²) < 4.78 is 5.54. The number of ether oxygens (including phenoxy) is 1. The topological polar surface area (TPSA) is 58.6 Å². The van der Waals surface area contributed by atoms with Crippen molar-refractivity contribution in [1.29, 1.82) is 0 Å². The van der Waals surface area contributed by atoms with Gasteiger partial charge in [-0.1, -0.05) is 11.8 Å². The van der Waals surface area contributed by atoms with E-state index in [1.807, 2.05) is 20.8 Å². The number of amides is 1. The molecule has 4 nitrogen and oxygen atoms in total. The van der Waals surface area contributed by atoms with Crippen LogP contribution in [0.25, 0.3) is 0 Å². The molecule has 0 heterocycles. The smallest absolute Gasteiger partial charge is 0.251 e. The van der Waals surface area contributed by atoms with Gasteiger partial charge in [-0.15, -0.1) is 0 Å². The molecule has 1 aromatic carbocycles. The first-order valence-electron chi connectivity index (χ1n) is 7.10. The predicted molar refractivity (Wildman–Crippen MR) is 83.1 cm³/mol. The van der Waals surface area contributed by atoms with Crippen molar-refractivity contribution in [3.05, 3.63) is 35.4 Å². The van der Waals surface area contributed by atoms with Crippen LogP contribution in [0.2, 0.25) is 0 Å². The molecule has 0 aliphatic carbocycles. The van der Waals surface area contributed by atoms with E-state index in [2.05, 4.69) is 17.2 Å². The number of hydrogen-bond donors (Lipinski definition) is 2. The van der Waals surface area contributed by atoms with Gasteiger partial charge in [0.05, 0.1) is 12.2 Å². The zero-order valence-electron chi connectivity index (χ0n) is 12.9. The van der Waals surface area contributed by atoms with E-state index in [0.29, 0.717) is 25.1 Å². The van der Waals surface area contributed by atoms with Crippen LogP contribution < -0.4 is 5.32 Å². The molecule has 0 unspecified atom stereocenters. The van der Waals surface area contributed by atoms with Gasteiger partial charge in [-0.05, 0) is 45.0 Å². The second kappa shape index (κ2) is 8.46. The third-order valence-electron chi connectivity index (χ3n) is 2.83. The lowest BCUT2D eigenvalue weighted by molar-refractivity contribution is -0.00815. The second-order valence-electron chi connectivity index (χ2n) is 5.23. The first-order chi connectivity index (χ1) is 9.98. The predicted octanol–water partition coefficient (Wildman–Crippen LogP) is 1.97. The number of aliphatic hydroxyl groups is 1. The van der Waals surface area contributed by atoms with Gasteiger partial charge < -0.3 is 15.2 Å². The van der Waals surface area contributed by atoms with Crippen LogP contribution in [0.1, 0.15) is 43.1 Å². The third kappa shape index (κ3) is 6.44. The van der Waals surface area contributed by atoms with E-state index >= 15 is 0 Å². The summed E-state index contributed by atoms with van der Waals surface area (Å²) in [5, 5.41) is 11.5. The van der Waals surface area contributed by atoms with E-state index in [4.69, 9.17) is 9.84 Å². The molecule has 21 heavy (non-hydrogen) atoms. The van der Waals surface area contributed by atoms with Crippen molar-refractivity contribution in [1.82, 2.24) is 5.32 Å². The molecule has 0 bridgehead atoms. The SMILES string of the molecule is CCOC(C)(C)CNC(=O)c1ccc(C#CCCO)cc1. The van der Waals surface area contributed by atoms with Crippen molar-refractivity contribution in [3.63, 3.8) is 0 Å². The van der Waals surface area contributed by atoms with Gasteiger partial charge in [0.2, 0.25) is 0 Å². The number of benzene rings is 1. The van der Waals surface area contributed by atoms with Gasteiger partial charge in [-0.2, -0.15) is 0 Å². The first kappa shape index (κ1) is 17.2. The Morgan fingerprint density at radius 1 is 1.33 bits per heavy atom. The van der Waals surface area contributed by atoms with E-state index in [1.165, 1.54) is 0 Å². The largest absolute Gasteiger partial charge is 0.395 e. The summed E-state index contributed by atoms with van der Waals surface area (Å²) in [6, 6.07) is 7.08. The molecule has 114 valence electrons. The number of nitrogens with one attached hydrogen (secondary N) is 1. The van der Waals surface area contributed by atoms with E-state index in [0.717, 1.165) is 5.56 Å². The Bertz CT molecular complexity index is 509. The Balaban J connectivity index is 2.58. The van der Waals surface area contributed by atoms with E-state index in [1.54, 1.807) is 24.3 Å². The summed E-state index contributed by atoms with van der Waals surface area (Å²) in [7, 11) is 0. The van der Waals surface area contributed by atoms with Gasteiger partial charge in [0, 0.05) is 30.7 Å². The molecule has 0 aliphatic heterocycles. The fourth-order valence-corrected chi connectivity index (χ4v) is 1.76. The van der Waals surface area contributed by atoms with Crippen molar-refractivity contribution in [2.75, 3.05) is 19.8 Å². The van der Waals surface area contributed by atoms with Gasteiger partial charge >= 0.3 is 0 Å². The van der Waals surface area contributed by atoms with Gasteiger partial charge in [0.15, 0.2) is 0 Å². The molecule has 1 rings (SSSR count). The summed E-state index contributed by atoms with van der Waals surface area (Å²) in [5.41, 5.74) is 1.05. The van der Waals surface area contributed by atoms with Gasteiger partial charge in [0.1, 0.15) is 0 Å². The van der Waals surface area contributed by atoms with Crippen molar-refractivity contribution in [3.8, 4) is 11.8 Å². The molecule has 4 heteroatoms. The molecule has 0 aliphatic rings. The zero-order chi connectivity index (χ0) is 15.7. The Morgan fingerprint density at radius 3 is 2.57 bits per heavy atom. The Morgan fingerprint density at radius 2 is 2.00 bits per heavy atom. The Hall–Kier alpha value is -1.83. The minimum Gasteiger partial charge on any atom is -0.395 e. The van der Waals surface area contributed by atoms with Crippen LogP contribution in [-0.2, 0) is 4.74 Å². The molecule has 1 aromatic rings. The highest BCUT2D eigenvalue weighted by molar-refractivity contribution is 5.94. The molecule has 1 amide bonds. The lowest BCUT2D eigenvalue weighted by Crippen LogP contribution is -2.40. The van der Waals surface area contributed by atoms with E-state index in [9.17, 15) is 4.79 Å². The average Bonchev–Trinajstić information content (AvgIpc) is 2.46. The van der Waals surface area contributed by atoms with Crippen LogP contribution in [0.15, 0.2) is 24.3 Å². The lowest BCUT2D eigenvalue weighted by Gasteiger charge is -2.24. The third-order valence-corrected chi connectivity index (χ3v) is 2.83. The fourth-order valence-electron chi connectivity index (χ4n) is 1.76. The van der Waals surface area contributed by atoms with Crippen LogP contribution in [0, 0.1) is 11.8 Å². The normalized spacial score (nSPS) is 10.7. The standard InChI is InChI=1S/C17H23NO3/c1-4-21-17(2,3)13-18-16(20)15-10-8-14(9-11-15)7-5-6-12-19/h8-11,19H,4,6,12-13H2,1-3H3,(H,18,20). The molecule has 0 aromatic heterocycles. The maximum Gasteiger partial charge on any atom is 0.251 e. The highest BCUT2D eigenvalue weighted by Gasteiger charge is 2.18. The minimum atomic E-state index is -0.375. The number of carbonyl (C=O) groups is 1.